The summed E-state index contributed by atoms with van der Waals surface area (Å²) in [6, 6.07) is 0. The molecule has 4 atom stereocenters. The molecule has 0 bridgehead atoms. The molecule has 1 heterocycles. The molecule has 1 aliphatic heterocycles. The van der Waals surface area contributed by atoms with Gasteiger partial charge in [-0.05, 0) is 30.1 Å². The van der Waals surface area contributed by atoms with E-state index in [1.807, 2.05) is 0 Å². The van der Waals surface area contributed by atoms with Crippen molar-refractivity contribution in [1.82, 2.24) is 0 Å². The van der Waals surface area contributed by atoms with Gasteiger partial charge in [-0.15, -0.1) is 0 Å². The summed E-state index contributed by atoms with van der Waals surface area (Å²) in [5.74, 6) is 5.67. The molecule has 1 fully saturated rings. The normalized spacial score (nSPS) is 35.5. The van der Waals surface area contributed by atoms with Gasteiger partial charge < -0.3 is 0 Å². The Morgan fingerprint density at radius 1 is 0.875 bits per heavy atom. The first-order valence-corrected chi connectivity index (χ1v) is 7.40. The molecular weight excluding hydrogens is 191 g/mol. The van der Waals surface area contributed by atoms with E-state index in [1.54, 1.807) is 0 Å². The second-order valence-corrected chi connectivity index (χ2v) is 7.21. The molecule has 1 aliphatic rings. The number of rotatable bonds is 4. The lowest BCUT2D eigenvalue weighted by atomic mass is 9.41. The number of hydrogen-bond donors (Lipinski definition) is 0. The van der Waals surface area contributed by atoms with E-state index in [1.165, 1.54) is 26.5 Å². The van der Waals surface area contributed by atoms with Crippen LogP contribution in [0, 0.1) is 23.7 Å². The first-order valence-electron chi connectivity index (χ1n) is 7.40. The van der Waals surface area contributed by atoms with Crippen molar-refractivity contribution in [3.63, 3.8) is 0 Å². The largest absolute Gasteiger partial charge is 0.128 e. The fourth-order valence-corrected chi connectivity index (χ4v) is 3.69. The monoisotopic (exact) mass is 222 g/mol. The summed E-state index contributed by atoms with van der Waals surface area (Å²) in [5.41, 5.74) is 0. The minimum Gasteiger partial charge on any atom is -0.0629 e. The Hall–Kier alpha value is 0.0649. The minimum atomic E-state index is 0.876. The van der Waals surface area contributed by atoms with Crippen LogP contribution in [0.3, 0.4) is 0 Å². The Morgan fingerprint density at radius 3 is 1.56 bits per heavy atom. The molecule has 0 amide bonds. The van der Waals surface area contributed by atoms with E-state index in [-0.39, 0.29) is 0 Å². The molecule has 0 aromatic rings. The lowest BCUT2D eigenvalue weighted by molar-refractivity contribution is 0.303. The maximum Gasteiger partial charge on any atom is 0.128 e. The van der Waals surface area contributed by atoms with Gasteiger partial charge in [-0.3, -0.25) is 0 Å². The molecule has 0 radical (unpaired) electrons. The average molecular weight is 222 g/mol. The molecule has 0 saturated carbocycles. The van der Waals surface area contributed by atoms with E-state index in [9.17, 15) is 0 Å². The summed E-state index contributed by atoms with van der Waals surface area (Å²) in [6.45, 7) is 14.5. The van der Waals surface area contributed by atoms with E-state index in [0.29, 0.717) is 0 Å². The predicted octanol–water partition coefficient (Wildman–Crippen LogP) is 4.77. The van der Waals surface area contributed by atoms with Crippen molar-refractivity contribution in [1.29, 1.82) is 0 Å². The fourth-order valence-electron chi connectivity index (χ4n) is 3.69. The quantitative estimate of drug-likeness (QED) is 0.601. The highest BCUT2D eigenvalue weighted by atomic mass is 14.3. The first kappa shape index (κ1) is 14.1. The lowest BCUT2D eigenvalue weighted by Gasteiger charge is -2.39. The van der Waals surface area contributed by atoms with Crippen LogP contribution in [0.15, 0.2) is 0 Å². The highest BCUT2D eigenvalue weighted by Gasteiger charge is 2.33. The van der Waals surface area contributed by atoms with Crippen molar-refractivity contribution in [2.24, 2.45) is 23.7 Å². The van der Waals surface area contributed by atoms with Crippen LogP contribution in [-0.4, -0.2) is 7.28 Å². The first-order chi connectivity index (χ1) is 7.40. The SMILES string of the molecule is CC(C)CC1BC(CC(C)C)C(C)CC1C. The second kappa shape index (κ2) is 6.12. The molecule has 0 nitrogen and oxygen atoms in total. The van der Waals surface area contributed by atoms with Crippen LogP contribution in [0.4, 0.5) is 0 Å². The van der Waals surface area contributed by atoms with Crippen LogP contribution in [0.2, 0.25) is 11.6 Å². The van der Waals surface area contributed by atoms with Crippen LogP contribution < -0.4 is 0 Å². The molecule has 94 valence electrons. The molecule has 0 N–H and O–H groups in total. The zero-order valence-electron chi connectivity index (χ0n) is 12.3. The lowest BCUT2D eigenvalue weighted by Crippen LogP contribution is -2.31. The zero-order chi connectivity index (χ0) is 12.3. The molecule has 0 spiro atoms. The molecular formula is C15H31B. The van der Waals surface area contributed by atoms with Crippen LogP contribution in [0.25, 0.3) is 0 Å². The van der Waals surface area contributed by atoms with E-state index >= 15 is 0 Å². The summed E-state index contributed by atoms with van der Waals surface area (Å²) >= 11 is 0. The van der Waals surface area contributed by atoms with Gasteiger partial charge in [0.25, 0.3) is 0 Å². The maximum absolute atomic E-state index is 2.48. The topological polar surface area (TPSA) is 0 Å². The van der Waals surface area contributed by atoms with E-state index in [0.717, 1.165) is 35.3 Å². The van der Waals surface area contributed by atoms with Crippen LogP contribution in [0.5, 0.6) is 0 Å². The van der Waals surface area contributed by atoms with E-state index in [2.05, 4.69) is 41.5 Å². The molecule has 1 heteroatoms. The Bertz CT molecular complexity index is 178. The van der Waals surface area contributed by atoms with Gasteiger partial charge >= 0.3 is 0 Å². The Labute approximate surface area is 104 Å². The third kappa shape index (κ3) is 4.15. The van der Waals surface area contributed by atoms with E-state index < -0.39 is 0 Å². The smallest absolute Gasteiger partial charge is 0.0629 e. The minimum absolute atomic E-state index is 0.876. The van der Waals surface area contributed by atoms with Gasteiger partial charge in [0.1, 0.15) is 7.28 Å². The number of hydrogen-bond acceptors (Lipinski definition) is 0. The van der Waals surface area contributed by atoms with Crippen molar-refractivity contribution in [2.75, 3.05) is 0 Å². The summed E-state index contributed by atoms with van der Waals surface area (Å²) in [6.07, 6.45) is 4.36. The van der Waals surface area contributed by atoms with Gasteiger partial charge in [-0.25, -0.2) is 0 Å². The van der Waals surface area contributed by atoms with Crippen LogP contribution in [-0.2, 0) is 0 Å². The summed E-state index contributed by atoms with van der Waals surface area (Å²) in [4.78, 5) is 0. The molecule has 0 aromatic carbocycles. The van der Waals surface area contributed by atoms with Crippen LogP contribution in [0.1, 0.15) is 60.8 Å². The van der Waals surface area contributed by atoms with E-state index in [4.69, 9.17) is 0 Å². The van der Waals surface area contributed by atoms with Crippen LogP contribution >= 0.6 is 0 Å². The Kier molecular flexibility index (Phi) is 5.40. The van der Waals surface area contributed by atoms with Crippen molar-refractivity contribution in [3.05, 3.63) is 0 Å². The fraction of sp³-hybridized carbons (Fsp3) is 1.00. The van der Waals surface area contributed by atoms with Gasteiger partial charge in [0, 0.05) is 0 Å². The summed E-state index contributed by atoms with van der Waals surface area (Å²) < 4.78 is 0. The van der Waals surface area contributed by atoms with Crippen molar-refractivity contribution >= 4 is 7.28 Å². The third-order valence-electron chi connectivity index (χ3n) is 4.51. The molecule has 0 aliphatic carbocycles. The molecule has 1 saturated heterocycles. The molecule has 4 unspecified atom stereocenters. The molecule has 0 aromatic heterocycles. The Balaban J connectivity index is 2.54. The zero-order valence-corrected chi connectivity index (χ0v) is 12.3. The summed E-state index contributed by atoms with van der Waals surface area (Å²) in [7, 11) is 1.50. The predicted molar refractivity (Wildman–Crippen MR) is 76.5 cm³/mol. The van der Waals surface area contributed by atoms with Gasteiger partial charge in [0.15, 0.2) is 0 Å². The standard InChI is InChI=1S/C15H31B/c1-10(2)7-14-12(5)9-13(6)15(16-14)8-11(3)4/h10-16H,7-9H2,1-6H3. The van der Waals surface area contributed by atoms with Gasteiger partial charge in [-0.2, -0.15) is 0 Å². The van der Waals surface area contributed by atoms with Crippen molar-refractivity contribution in [2.45, 2.75) is 72.4 Å². The van der Waals surface area contributed by atoms with Gasteiger partial charge in [0.2, 0.25) is 0 Å². The highest BCUT2D eigenvalue weighted by molar-refractivity contribution is 6.40. The Morgan fingerprint density at radius 2 is 1.25 bits per heavy atom. The molecule has 1 rings (SSSR count). The van der Waals surface area contributed by atoms with Gasteiger partial charge in [-0.1, -0.05) is 66.0 Å². The van der Waals surface area contributed by atoms with Gasteiger partial charge in [0.05, 0.1) is 0 Å². The summed E-state index contributed by atoms with van der Waals surface area (Å²) in [5, 5.41) is 0. The highest BCUT2D eigenvalue weighted by Crippen LogP contribution is 2.44. The average Bonchev–Trinajstić information content (AvgIpc) is 2.11. The molecule has 16 heavy (non-hydrogen) atoms. The maximum atomic E-state index is 2.48. The second-order valence-electron chi connectivity index (χ2n) is 7.21. The van der Waals surface area contributed by atoms with Crippen molar-refractivity contribution < 1.29 is 0 Å². The van der Waals surface area contributed by atoms with Crippen molar-refractivity contribution in [3.8, 4) is 0 Å². The third-order valence-corrected chi connectivity index (χ3v) is 4.51.